The number of amidine groups is 1. The van der Waals surface area contributed by atoms with Gasteiger partial charge in [-0.25, -0.2) is 0 Å². The first-order chi connectivity index (χ1) is 19.7. The third kappa shape index (κ3) is 5.42. The maximum Gasteiger partial charge on any atom is 0.267 e. The highest BCUT2D eigenvalue weighted by Gasteiger charge is 2.34. The number of aliphatic imine (C=N–C) groups is 1. The molecular weight excluding hydrogens is 510 g/mol. The van der Waals surface area contributed by atoms with E-state index >= 15 is 0 Å². The summed E-state index contributed by atoms with van der Waals surface area (Å²) in [4.78, 5) is 21.3. The van der Waals surface area contributed by atoms with Crippen LogP contribution < -0.4 is 0 Å². The van der Waals surface area contributed by atoms with Gasteiger partial charge in [0.1, 0.15) is 0 Å². The van der Waals surface area contributed by atoms with E-state index in [4.69, 9.17) is 4.99 Å². The number of amides is 1. The molecule has 1 aliphatic heterocycles. The molecule has 4 nitrogen and oxygen atoms in total. The van der Waals surface area contributed by atoms with Crippen molar-refractivity contribution in [2.24, 2.45) is 4.99 Å². The van der Waals surface area contributed by atoms with Crippen molar-refractivity contribution in [3.05, 3.63) is 155 Å². The maximum absolute atomic E-state index is 13.9. The summed E-state index contributed by atoms with van der Waals surface area (Å²) >= 11 is 1.45. The molecule has 0 saturated carbocycles. The van der Waals surface area contributed by atoms with Gasteiger partial charge in [-0.05, 0) is 59.7 Å². The molecule has 1 fully saturated rings. The van der Waals surface area contributed by atoms with Crippen LogP contribution in [0.5, 0.6) is 0 Å². The summed E-state index contributed by atoms with van der Waals surface area (Å²) in [6.45, 7) is 3.11. The monoisotopic (exact) mass is 539 g/mol. The number of hydrogen-bond acceptors (Lipinski definition) is 3. The molecule has 0 radical (unpaired) electrons. The fourth-order valence-corrected chi connectivity index (χ4v) is 5.96. The van der Waals surface area contributed by atoms with Crippen LogP contribution in [-0.4, -0.2) is 20.5 Å². The number of aromatic nitrogens is 1. The molecule has 1 amide bonds. The van der Waals surface area contributed by atoms with Crippen LogP contribution in [0, 0.1) is 6.92 Å². The molecule has 0 unspecified atom stereocenters. The summed E-state index contributed by atoms with van der Waals surface area (Å²) in [6, 6.07) is 43.1. The third-order valence-corrected chi connectivity index (χ3v) is 7.92. The molecule has 0 spiro atoms. The van der Waals surface area contributed by atoms with Crippen LogP contribution >= 0.6 is 11.8 Å². The van der Waals surface area contributed by atoms with E-state index in [1.807, 2.05) is 66.7 Å². The lowest BCUT2D eigenvalue weighted by molar-refractivity contribution is -0.122. The number of benzene rings is 4. The van der Waals surface area contributed by atoms with Crippen LogP contribution in [0.2, 0.25) is 0 Å². The molecule has 1 saturated heterocycles. The van der Waals surface area contributed by atoms with Crippen LogP contribution in [0.15, 0.2) is 137 Å². The fraction of sp³-hybridized carbons (Fsp3) is 0.0857. The highest BCUT2D eigenvalue weighted by Crippen LogP contribution is 2.38. The smallest absolute Gasteiger partial charge is 0.267 e. The van der Waals surface area contributed by atoms with Crippen molar-refractivity contribution in [1.82, 2.24) is 9.47 Å². The molecular formula is C35H29N3OS. The Morgan fingerprint density at radius 1 is 0.750 bits per heavy atom. The van der Waals surface area contributed by atoms with E-state index < -0.39 is 0 Å². The van der Waals surface area contributed by atoms with Crippen molar-refractivity contribution in [2.45, 2.75) is 20.0 Å². The highest BCUT2D eigenvalue weighted by molar-refractivity contribution is 8.18. The summed E-state index contributed by atoms with van der Waals surface area (Å²) < 4.78 is 2.26. The predicted molar refractivity (Wildman–Crippen MR) is 166 cm³/mol. The zero-order chi connectivity index (χ0) is 27.3. The predicted octanol–water partition coefficient (Wildman–Crippen LogP) is 8.13. The number of thioether (sulfide) groups is 1. The van der Waals surface area contributed by atoms with E-state index in [1.165, 1.54) is 11.8 Å². The van der Waals surface area contributed by atoms with Gasteiger partial charge >= 0.3 is 0 Å². The van der Waals surface area contributed by atoms with Crippen LogP contribution in [0.1, 0.15) is 22.4 Å². The standard InChI is InChI=1S/C35H29N3OS/c1-26-22-30(33(29-18-10-4-11-19-29)38(26)31-20-12-5-13-21-31)23-32-34(39)37(25-28-16-8-3-9-17-28)35(40-32)36-24-27-14-6-2-7-15-27/h2-23H,24-25H2,1H3/b32-23-,36-35?. The van der Waals surface area contributed by atoms with Crippen LogP contribution in [0.4, 0.5) is 0 Å². The van der Waals surface area contributed by atoms with Gasteiger partial charge in [0.2, 0.25) is 0 Å². The van der Waals surface area contributed by atoms with Crippen molar-refractivity contribution in [3.8, 4) is 16.9 Å². The molecule has 2 heterocycles. The maximum atomic E-state index is 13.9. The highest BCUT2D eigenvalue weighted by atomic mass is 32.2. The lowest BCUT2D eigenvalue weighted by Gasteiger charge is -2.15. The van der Waals surface area contributed by atoms with E-state index in [9.17, 15) is 4.79 Å². The Bertz CT molecular complexity index is 1670. The number of carbonyl (C=O) groups is 1. The minimum Gasteiger partial charge on any atom is -0.313 e. The first-order valence-electron chi connectivity index (χ1n) is 13.3. The van der Waals surface area contributed by atoms with E-state index in [2.05, 4.69) is 78.2 Å². The lowest BCUT2D eigenvalue weighted by atomic mass is 10.1. The van der Waals surface area contributed by atoms with Crippen LogP contribution in [-0.2, 0) is 17.9 Å². The molecule has 0 aliphatic carbocycles. The van der Waals surface area contributed by atoms with E-state index in [0.29, 0.717) is 18.0 Å². The molecule has 1 aliphatic rings. The van der Waals surface area contributed by atoms with Gasteiger partial charge in [0, 0.05) is 16.9 Å². The average Bonchev–Trinajstić information content (AvgIpc) is 3.49. The van der Waals surface area contributed by atoms with Gasteiger partial charge < -0.3 is 4.57 Å². The van der Waals surface area contributed by atoms with Crippen molar-refractivity contribution in [2.75, 3.05) is 0 Å². The Balaban J connectivity index is 1.42. The molecule has 196 valence electrons. The molecule has 0 N–H and O–H groups in total. The number of aryl methyl sites for hydroxylation is 1. The lowest BCUT2D eigenvalue weighted by Crippen LogP contribution is -2.28. The van der Waals surface area contributed by atoms with E-state index in [-0.39, 0.29) is 5.91 Å². The van der Waals surface area contributed by atoms with Gasteiger partial charge in [-0.3, -0.25) is 14.7 Å². The second kappa shape index (κ2) is 11.6. The average molecular weight is 540 g/mol. The van der Waals surface area contributed by atoms with Gasteiger partial charge in [0.15, 0.2) is 5.17 Å². The second-order valence-electron chi connectivity index (χ2n) is 9.70. The zero-order valence-electron chi connectivity index (χ0n) is 22.3. The normalized spacial score (nSPS) is 15.3. The van der Waals surface area contributed by atoms with Crippen LogP contribution in [0.3, 0.4) is 0 Å². The molecule has 4 aromatic carbocycles. The van der Waals surface area contributed by atoms with Gasteiger partial charge in [0.05, 0.1) is 23.7 Å². The summed E-state index contributed by atoms with van der Waals surface area (Å²) in [6.07, 6.45) is 2.03. The first-order valence-corrected chi connectivity index (χ1v) is 14.2. The van der Waals surface area contributed by atoms with E-state index in [1.54, 1.807) is 4.90 Å². The van der Waals surface area contributed by atoms with Gasteiger partial charge in [0.25, 0.3) is 5.91 Å². The molecule has 5 aromatic rings. The van der Waals surface area contributed by atoms with Crippen molar-refractivity contribution < 1.29 is 4.79 Å². The number of para-hydroxylation sites is 1. The number of rotatable bonds is 7. The summed E-state index contributed by atoms with van der Waals surface area (Å²) in [5.41, 5.74) is 7.54. The Morgan fingerprint density at radius 3 is 1.98 bits per heavy atom. The van der Waals surface area contributed by atoms with E-state index in [0.717, 1.165) is 44.5 Å². The largest absolute Gasteiger partial charge is 0.313 e. The van der Waals surface area contributed by atoms with Crippen LogP contribution in [0.25, 0.3) is 23.0 Å². The minimum absolute atomic E-state index is 0.0233. The van der Waals surface area contributed by atoms with Crippen molar-refractivity contribution in [3.63, 3.8) is 0 Å². The molecule has 0 bridgehead atoms. The van der Waals surface area contributed by atoms with Gasteiger partial charge in [-0.1, -0.05) is 109 Å². The van der Waals surface area contributed by atoms with Crippen molar-refractivity contribution >= 4 is 28.9 Å². The molecule has 40 heavy (non-hydrogen) atoms. The topological polar surface area (TPSA) is 37.6 Å². The molecule has 0 atom stereocenters. The molecule has 5 heteroatoms. The summed E-state index contributed by atoms with van der Waals surface area (Å²) in [5.74, 6) is -0.0233. The Morgan fingerprint density at radius 2 is 1.32 bits per heavy atom. The number of carbonyl (C=O) groups excluding carboxylic acids is 1. The zero-order valence-corrected chi connectivity index (χ0v) is 23.1. The Labute approximate surface area is 239 Å². The molecule has 6 rings (SSSR count). The summed E-state index contributed by atoms with van der Waals surface area (Å²) in [5, 5.41) is 0.726. The number of hydrogen-bond donors (Lipinski definition) is 0. The third-order valence-electron chi connectivity index (χ3n) is 6.87. The molecule has 1 aromatic heterocycles. The Kier molecular flexibility index (Phi) is 7.47. The first kappa shape index (κ1) is 25.7. The number of nitrogens with zero attached hydrogens (tertiary/aromatic N) is 3. The minimum atomic E-state index is -0.0233. The van der Waals surface area contributed by atoms with Crippen molar-refractivity contribution in [1.29, 1.82) is 0 Å². The van der Waals surface area contributed by atoms with Gasteiger partial charge in [-0.2, -0.15) is 0 Å². The Hall–Kier alpha value is -4.61. The quantitative estimate of drug-likeness (QED) is 0.196. The summed E-state index contributed by atoms with van der Waals surface area (Å²) in [7, 11) is 0. The SMILES string of the molecule is Cc1cc(/C=C2\SC(=NCc3ccccc3)N(Cc3ccccc3)C2=O)c(-c2ccccc2)n1-c1ccccc1. The fourth-order valence-electron chi connectivity index (χ4n) is 4.99. The second-order valence-corrected chi connectivity index (χ2v) is 10.7. The van der Waals surface area contributed by atoms with Gasteiger partial charge in [-0.15, -0.1) is 0 Å².